The Morgan fingerprint density at radius 3 is 2.40 bits per heavy atom. The average Bonchev–Trinajstić information content (AvgIpc) is 2.98. The number of hydrogen-bond donors (Lipinski definition) is 2. The summed E-state index contributed by atoms with van der Waals surface area (Å²) >= 11 is 0. The molecule has 1 saturated carbocycles. The van der Waals surface area contributed by atoms with Crippen molar-refractivity contribution in [2.24, 2.45) is 5.14 Å². The van der Waals surface area contributed by atoms with Gasteiger partial charge in [-0.25, -0.2) is 18.5 Å². The summed E-state index contributed by atoms with van der Waals surface area (Å²) in [6.45, 7) is 0. The number of aromatic nitrogens is 1. The van der Waals surface area contributed by atoms with Crippen LogP contribution in [-0.4, -0.2) is 24.5 Å². The van der Waals surface area contributed by atoms with Crippen LogP contribution in [0, 0.1) is 0 Å². The summed E-state index contributed by atoms with van der Waals surface area (Å²) in [7, 11) is -3.76. The smallest absolute Gasteiger partial charge is 0.312 e. The van der Waals surface area contributed by atoms with Gasteiger partial charge in [0.1, 0.15) is 17.9 Å². The van der Waals surface area contributed by atoms with Gasteiger partial charge in [-0.15, -0.1) is 0 Å². The average molecular weight is 364 g/mol. The van der Waals surface area contributed by atoms with E-state index in [9.17, 15) is 13.2 Å². The number of hydrogen-bond acceptors (Lipinski definition) is 5. The van der Waals surface area contributed by atoms with Gasteiger partial charge in [0.15, 0.2) is 0 Å². The third-order valence-electron chi connectivity index (χ3n) is 4.43. The fourth-order valence-corrected chi connectivity index (χ4v) is 3.75. The van der Waals surface area contributed by atoms with Gasteiger partial charge < -0.3 is 9.52 Å². The molecule has 0 unspecified atom stereocenters. The van der Waals surface area contributed by atoms with Gasteiger partial charge in [-0.1, -0.05) is 31.4 Å². The van der Waals surface area contributed by atoms with E-state index >= 15 is 0 Å². The summed E-state index contributed by atoms with van der Waals surface area (Å²) in [5, 5.41) is 14.1. The maximum absolute atomic E-state index is 11.4. The molecule has 0 radical (unpaired) electrons. The van der Waals surface area contributed by atoms with E-state index in [0.29, 0.717) is 17.0 Å². The number of nitrogens with two attached hydrogens (primary N) is 1. The number of rotatable bonds is 5. The summed E-state index contributed by atoms with van der Waals surface area (Å²) in [6.07, 6.45) is 5.06. The van der Waals surface area contributed by atoms with Crippen LogP contribution in [0.1, 0.15) is 49.7 Å². The van der Waals surface area contributed by atoms with Crippen molar-refractivity contribution in [3.63, 3.8) is 0 Å². The molecule has 0 spiro atoms. The predicted molar refractivity (Wildman–Crippen MR) is 90.5 cm³/mol. The Morgan fingerprint density at radius 2 is 1.84 bits per heavy atom. The highest BCUT2D eigenvalue weighted by molar-refractivity contribution is 7.89. The van der Waals surface area contributed by atoms with Gasteiger partial charge in [-0.2, -0.15) is 0 Å². The lowest BCUT2D eigenvalue weighted by atomic mass is 9.86. The molecule has 3 rings (SSSR count). The van der Waals surface area contributed by atoms with Gasteiger partial charge in [0.2, 0.25) is 15.9 Å². The summed E-state index contributed by atoms with van der Waals surface area (Å²) in [5.41, 5.74) is 1.28. The van der Waals surface area contributed by atoms with Crippen molar-refractivity contribution >= 4 is 16.0 Å². The van der Waals surface area contributed by atoms with Gasteiger partial charge in [-0.05, 0) is 25.0 Å². The highest BCUT2D eigenvalue weighted by Gasteiger charge is 2.26. The Morgan fingerprint density at radius 1 is 1.20 bits per heavy atom. The monoisotopic (exact) mass is 364 g/mol. The molecule has 134 valence electrons. The number of oxazole rings is 1. The second-order valence-electron chi connectivity index (χ2n) is 6.30. The van der Waals surface area contributed by atoms with Crippen molar-refractivity contribution in [2.45, 2.75) is 49.3 Å². The quantitative estimate of drug-likeness (QED) is 0.840. The van der Waals surface area contributed by atoms with E-state index < -0.39 is 16.0 Å². The van der Waals surface area contributed by atoms with Crippen LogP contribution >= 0.6 is 0 Å². The molecule has 25 heavy (non-hydrogen) atoms. The molecule has 0 atom stereocenters. The summed E-state index contributed by atoms with van der Waals surface area (Å²) in [6, 6.07) is 6.07. The highest BCUT2D eigenvalue weighted by atomic mass is 32.2. The number of primary sulfonamides is 1. The third kappa shape index (κ3) is 4.08. The molecule has 1 heterocycles. The molecule has 1 aliphatic carbocycles. The second kappa shape index (κ2) is 6.97. The molecule has 1 aliphatic rings. The lowest BCUT2D eigenvalue weighted by Gasteiger charge is -2.20. The fraction of sp³-hybridized carbons (Fsp3) is 0.412. The first-order valence-electron chi connectivity index (χ1n) is 8.19. The van der Waals surface area contributed by atoms with Gasteiger partial charge in [0.25, 0.3) is 0 Å². The van der Waals surface area contributed by atoms with E-state index in [-0.39, 0.29) is 23.1 Å². The summed E-state index contributed by atoms with van der Waals surface area (Å²) < 4.78 is 28.6. The Bertz CT molecular complexity index is 865. The van der Waals surface area contributed by atoms with Crippen LogP contribution < -0.4 is 5.14 Å². The largest absolute Gasteiger partial charge is 0.481 e. The van der Waals surface area contributed by atoms with Crippen LogP contribution in [-0.2, 0) is 21.2 Å². The SMILES string of the molecule is NS(=O)(=O)c1ccc(-c2nc(CC(=O)O)oc2C2CCCCC2)cc1. The molecule has 3 N–H and O–H groups in total. The molecule has 0 bridgehead atoms. The first kappa shape index (κ1) is 17.6. The molecule has 0 amide bonds. The van der Waals surface area contributed by atoms with Gasteiger partial charge >= 0.3 is 5.97 Å². The molecular formula is C17H20N2O5S. The summed E-state index contributed by atoms with van der Waals surface area (Å²) in [5.74, 6) is 0.0576. The number of nitrogens with zero attached hydrogens (tertiary/aromatic N) is 1. The number of sulfonamides is 1. The zero-order valence-corrected chi connectivity index (χ0v) is 14.5. The van der Waals surface area contributed by atoms with Crippen molar-refractivity contribution < 1.29 is 22.7 Å². The van der Waals surface area contributed by atoms with E-state index in [2.05, 4.69) is 4.98 Å². The molecule has 7 nitrogen and oxygen atoms in total. The molecule has 2 aromatic rings. The Hall–Kier alpha value is -2.19. The standard InChI is InChI=1S/C17H20N2O5S/c18-25(22,23)13-8-6-11(7-9-13)16-17(12-4-2-1-3-5-12)24-14(19-16)10-15(20)21/h6-9,12H,1-5,10H2,(H,20,21)(H2,18,22,23). The minimum atomic E-state index is -3.76. The molecule has 0 aliphatic heterocycles. The molecule has 1 fully saturated rings. The zero-order valence-electron chi connectivity index (χ0n) is 13.6. The van der Waals surface area contributed by atoms with E-state index in [4.69, 9.17) is 14.7 Å². The van der Waals surface area contributed by atoms with Crippen molar-refractivity contribution in [3.05, 3.63) is 35.9 Å². The van der Waals surface area contributed by atoms with Gasteiger partial charge in [-0.3, -0.25) is 4.79 Å². The Labute approximate surface area is 145 Å². The van der Waals surface area contributed by atoms with E-state index in [1.807, 2.05) is 0 Å². The Kier molecular flexibility index (Phi) is 4.91. The van der Waals surface area contributed by atoms with Crippen LogP contribution in [0.5, 0.6) is 0 Å². The molecule has 1 aromatic heterocycles. The zero-order chi connectivity index (χ0) is 18.0. The van der Waals surface area contributed by atoms with Crippen molar-refractivity contribution in [3.8, 4) is 11.3 Å². The Balaban J connectivity index is 2.00. The lowest BCUT2D eigenvalue weighted by Crippen LogP contribution is -2.11. The number of carboxylic acid groups (broad SMARTS) is 1. The van der Waals surface area contributed by atoms with E-state index in [1.165, 1.54) is 18.6 Å². The van der Waals surface area contributed by atoms with Crippen LogP contribution in [0.25, 0.3) is 11.3 Å². The van der Waals surface area contributed by atoms with Crippen molar-refractivity contribution in [1.82, 2.24) is 4.98 Å². The van der Waals surface area contributed by atoms with E-state index in [0.717, 1.165) is 25.7 Å². The lowest BCUT2D eigenvalue weighted by molar-refractivity contribution is -0.136. The number of benzene rings is 1. The summed E-state index contributed by atoms with van der Waals surface area (Å²) in [4.78, 5) is 15.4. The number of aliphatic carboxylic acids is 1. The molecule has 8 heteroatoms. The van der Waals surface area contributed by atoms with Crippen LogP contribution in [0.4, 0.5) is 0 Å². The van der Waals surface area contributed by atoms with Gasteiger partial charge in [0, 0.05) is 11.5 Å². The fourth-order valence-electron chi connectivity index (χ4n) is 3.23. The molecule has 0 saturated heterocycles. The predicted octanol–water partition coefficient (Wildman–Crippen LogP) is 2.66. The maximum Gasteiger partial charge on any atom is 0.312 e. The van der Waals surface area contributed by atoms with Crippen LogP contribution in [0.15, 0.2) is 33.6 Å². The first-order chi connectivity index (χ1) is 11.8. The highest BCUT2D eigenvalue weighted by Crippen LogP contribution is 2.38. The third-order valence-corrected chi connectivity index (χ3v) is 5.36. The van der Waals surface area contributed by atoms with Crippen molar-refractivity contribution in [2.75, 3.05) is 0 Å². The molecule has 1 aromatic carbocycles. The molecular weight excluding hydrogens is 344 g/mol. The van der Waals surface area contributed by atoms with Crippen LogP contribution in [0.3, 0.4) is 0 Å². The van der Waals surface area contributed by atoms with Gasteiger partial charge in [0.05, 0.1) is 4.90 Å². The minimum absolute atomic E-state index is 0.0183. The topological polar surface area (TPSA) is 123 Å². The minimum Gasteiger partial charge on any atom is -0.481 e. The number of carbonyl (C=O) groups is 1. The maximum atomic E-state index is 11.4. The first-order valence-corrected chi connectivity index (χ1v) is 9.74. The normalized spacial score (nSPS) is 16.0. The van der Waals surface area contributed by atoms with Crippen LogP contribution in [0.2, 0.25) is 0 Å². The van der Waals surface area contributed by atoms with Crippen molar-refractivity contribution in [1.29, 1.82) is 0 Å². The van der Waals surface area contributed by atoms with E-state index in [1.54, 1.807) is 12.1 Å². The number of carboxylic acids is 1. The second-order valence-corrected chi connectivity index (χ2v) is 7.86.